The van der Waals surface area contributed by atoms with Crippen LogP contribution in [0.3, 0.4) is 0 Å². The summed E-state index contributed by atoms with van der Waals surface area (Å²) in [6.07, 6.45) is 0. The zero-order valence-electron chi connectivity index (χ0n) is 45.5. The van der Waals surface area contributed by atoms with Crippen LogP contribution < -0.4 is 51.7 Å². The molecule has 0 unspecified atom stereocenters. The van der Waals surface area contributed by atoms with E-state index < -0.39 is 0 Å². The summed E-state index contributed by atoms with van der Waals surface area (Å²) in [5.74, 6) is 7.66. The second-order valence-corrected chi connectivity index (χ2v) is 25.0. The van der Waals surface area contributed by atoms with E-state index in [0.29, 0.717) is 23.0 Å². The van der Waals surface area contributed by atoms with Gasteiger partial charge in [-0.2, -0.15) is 0 Å². The number of rotatable bonds is 5. The summed E-state index contributed by atoms with van der Waals surface area (Å²) < 4.78 is 47.5. The standard InChI is InChI=1S/C76H40B2O6S2/c1-8-22-59-43(15-1)37-65(79-59)53-40-54(66-38-44-16-2-9-23-60(44)80-66)75-71-74(53)83-63-26-12-7-21-57(63)78(71)58-36-42(29-31-64(58)84-75)50-34-45(35-52-47-18-4-14-28-68(47)86-76(50)52)49-39-48(41-30-32-69-51(33-41)46-17-3-13-27-67(46)85-69)72-70-73(49)82-62-25-11-6-20-56(62)77(70)55-19-5-10-24-61(55)81-72/h1-40H. The van der Waals surface area contributed by atoms with Crippen molar-refractivity contribution in [1.82, 2.24) is 0 Å². The molecule has 0 spiro atoms. The van der Waals surface area contributed by atoms with E-state index in [0.717, 1.165) is 134 Å². The van der Waals surface area contributed by atoms with Crippen LogP contribution >= 0.6 is 22.7 Å². The predicted molar refractivity (Wildman–Crippen MR) is 354 cm³/mol. The highest BCUT2D eigenvalue weighted by Gasteiger charge is 2.45. The number of benzene rings is 12. The maximum absolute atomic E-state index is 7.35. The summed E-state index contributed by atoms with van der Waals surface area (Å²) in [6.45, 7) is -0.430. The molecule has 0 radical (unpaired) electrons. The van der Waals surface area contributed by atoms with Crippen molar-refractivity contribution in [2.45, 2.75) is 0 Å². The number of hydrogen-bond acceptors (Lipinski definition) is 8. The third kappa shape index (κ3) is 6.68. The number of hydrogen-bond donors (Lipinski definition) is 0. The number of furan rings is 2. The Morgan fingerprint density at radius 2 is 0.721 bits per heavy atom. The van der Waals surface area contributed by atoms with Crippen LogP contribution in [-0.4, -0.2) is 13.4 Å². The van der Waals surface area contributed by atoms with Crippen LogP contribution in [0.15, 0.2) is 251 Å². The topological polar surface area (TPSA) is 63.2 Å². The third-order valence-electron chi connectivity index (χ3n) is 18.1. The molecule has 0 fully saturated rings. The van der Waals surface area contributed by atoms with Gasteiger partial charge in [-0.3, -0.25) is 0 Å². The van der Waals surface area contributed by atoms with E-state index in [1.807, 2.05) is 65.1 Å². The SMILES string of the molecule is c1ccc2c(c1)Oc1c(-c3ccc4sc5ccccc5c4c3)cc(-c3cc(-c4ccc5c(c4)B4c6ccccc6Oc6c(-c7cc8ccccc8o7)cc(-c7cc8ccccc8o7)c(c64)O5)c4sc5ccccc5c4c3)c3c1B2c1ccccc1O3. The molecule has 0 saturated heterocycles. The molecule has 0 aliphatic carbocycles. The molecule has 86 heavy (non-hydrogen) atoms. The molecule has 12 aromatic carbocycles. The van der Waals surface area contributed by atoms with E-state index >= 15 is 0 Å². The minimum Gasteiger partial charge on any atom is -0.458 e. The summed E-state index contributed by atoms with van der Waals surface area (Å²) in [5, 5.41) is 6.87. The second kappa shape index (κ2) is 17.5. The molecule has 4 aromatic heterocycles. The van der Waals surface area contributed by atoms with E-state index in [1.165, 1.54) is 40.3 Å². The quantitative estimate of drug-likeness (QED) is 0.160. The molecule has 4 aliphatic rings. The van der Waals surface area contributed by atoms with E-state index in [-0.39, 0.29) is 13.4 Å². The van der Waals surface area contributed by atoms with Crippen LogP contribution in [0.1, 0.15) is 0 Å². The monoisotopic (exact) mass is 1130 g/mol. The highest BCUT2D eigenvalue weighted by molar-refractivity contribution is 7.26. The summed E-state index contributed by atoms with van der Waals surface area (Å²) in [6, 6.07) is 86.3. The average molecular weight is 1130 g/mol. The zero-order valence-corrected chi connectivity index (χ0v) is 47.1. The Morgan fingerprint density at radius 1 is 0.279 bits per heavy atom. The van der Waals surface area contributed by atoms with Crippen molar-refractivity contribution in [3.63, 3.8) is 0 Å². The van der Waals surface area contributed by atoms with Crippen molar-refractivity contribution >= 4 is 131 Å². The van der Waals surface area contributed by atoms with Crippen molar-refractivity contribution < 1.29 is 27.8 Å². The molecule has 8 heterocycles. The summed E-state index contributed by atoms with van der Waals surface area (Å²) in [5.41, 5.74) is 15.8. The molecule has 0 atom stereocenters. The third-order valence-corrected chi connectivity index (χ3v) is 20.5. The highest BCUT2D eigenvalue weighted by atomic mass is 32.1. The zero-order chi connectivity index (χ0) is 55.9. The van der Waals surface area contributed by atoms with E-state index in [1.54, 1.807) is 0 Å². The minimum absolute atomic E-state index is 0.139. The lowest BCUT2D eigenvalue weighted by Crippen LogP contribution is -2.57. The molecule has 0 N–H and O–H groups in total. The van der Waals surface area contributed by atoms with Gasteiger partial charge in [0.1, 0.15) is 68.7 Å². The number of thiophene rings is 2. The largest absolute Gasteiger partial charge is 0.458 e. The van der Waals surface area contributed by atoms with Crippen LogP contribution in [0.2, 0.25) is 0 Å². The van der Waals surface area contributed by atoms with Crippen molar-refractivity contribution in [3.05, 3.63) is 243 Å². The Balaban J connectivity index is 0.835. The Bertz CT molecular complexity index is 5500. The molecule has 398 valence electrons. The molecule has 0 amide bonds. The molecule has 0 saturated carbocycles. The molecule has 16 aromatic rings. The van der Waals surface area contributed by atoms with Crippen LogP contribution in [0.25, 0.3) is 118 Å². The van der Waals surface area contributed by atoms with E-state index in [4.69, 9.17) is 27.8 Å². The fraction of sp³-hybridized carbons (Fsp3) is 0. The fourth-order valence-corrected chi connectivity index (χ4v) is 16.6. The first kappa shape index (κ1) is 46.9. The molecule has 4 aliphatic heterocycles. The maximum atomic E-state index is 7.35. The van der Waals surface area contributed by atoms with Crippen molar-refractivity contribution in [3.8, 4) is 102 Å². The summed E-state index contributed by atoms with van der Waals surface area (Å²) >= 11 is 3.66. The minimum atomic E-state index is -0.291. The van der Waals surface area contributed by atoms with Gasteiger partial charge in [-0.1, -0.05) is 146 Å². The Labute approximate surface area is 500 Å². The molecular weight excluding hydrogens is 1090 g/mol. The summed E-state index contributed by atoms with van der Waals surface area (Å²) in [7, 11) is 0. The lowest BCUT2D eigenvalue weighted by atomic mass is 9.34. The van der Waals surface area contributed by atoms with Gasteiger partial charge in [-0.25, -0.2) is 0 Å². The van der Waals surface area contributed by atoms with Gasteiger partial charge in [0, 0.05) is 78.7 Å². The fourth-order valence-electron chi connectivity index (χ4n) is 14.3. The van der Waals surface area contributed by atoms with Gasteiger partial charge in [0.25, 0.3) is 13.4 Å². The van der Waals surface area contributed by atoms with Gasteiger partial charge < -0.3 is 27.8 Å². The van der Waals surface area contributed by atoms with Crippen LogP contribution in [0.5, 0.6) is 46.0 Å². The van der Waals surface area contributed by atoms with Crippen LogP contribution in [0.4, 0.5) is 0 Å². The maximum Gasteiger partial charge on any atom is 0.260 e. The highest BCUT2D eigenvalue weighted by Crippen LogP contribution is 2.52. The number of fused-ring (bicyclic) bond motifs is 16. The number of para-hydroxylation sites is 5. The predicted octanol–water partition coefficient (Wildman–Crippen LogP) is 17.7. The van der Waals surface area contributed by atoms with Crippen molar-refractivity contribution in [2.24, 2.45) is 0 Å². The average Bonchev–Trinajstić information content (AvgIpc) is 1.38. The Morgan fingerprint density at radius 3 is 1.34 bits per heavy atom. The van der Waals surface area contributed by atoms with Gasteiger partial charge in [0.15, 0.2) is 0 Å². The first-order chi connectivity index (χ1) is 42.6. The van der Waals surface area contributed by atoms with Crippen LogP contribution in [-0.2, 0) is 0 Å². The molecule has 6 nitrogen and oxygen atoms in total. The molecule has 10 heteroatoms. The first-order valence-electron chi connectivity index (χ1n) is 29.0. The molecular formula is C76H40B2O6S2. The van der Waals surface area contributed by atoms with Crippen molar-refractivity contribution in [2.75, 3.05) is 0 Å². The second-order valence-electron chi connectivity index (χ2n) is 22.8. The molecule has 20 rings (SSSR count). The normalized spacial score (nSPS) is 13.2. The summed E-state index contributed by atoms with van der Waals surface area (Å²) in [4.78, 5) is 0. The Kier molecular flexibility index (Phi) is 9.56. The lowest BCUT2D eigenvalue weighted by molar-refractivity contribution is 0.464. The Hall–Kier alpha value is -10.5. The molecule has 0 bridgehead atoms. The lowest BCUT2D eigenvalue weighted by Gasteiger charge is -2.35. The van der Waals surface area contributed by atoms with E-state index in [2.05, 4.69) is 200 Å². The number of ether oxygens (including phenoxy) is 4. The van der Waals surface area contributed by atoms with Gasteiger partial charge in [0.05, 0.1) is 11.1 Å². The smallest absolute Gasteiger partial charge is 0.260 e. The van der Waals surface area contributed by atoms with Crippen LogP contribution in [0, 0.1) is 0 Å². The van der Waals surface area contributed by atoms with E-state index in [9.17, 15) is 0 Å². The van der Waals surface area contributed by atoms with Gasteiger partial charge in [-0.15, -0.1) is 22.7 Å². The van der Waals surface area contributed by atoms with Gasteiger partial charge >= 0.3 is 0 Å². The van der Waals surface area contributed by atoms with Crippen molar-refractivity contribution in [1.29, 1.82) is 0 Å². The first-order valence-corrected chi connectivity index (χ1v) is 30.6. The van der Waals surface area contributed by atoms with Gasteiger partial charge in [0.2, 0.25) is 0 Å². The van der Waals surface area contributed by atoms with Gasteiger partial charge in [-0.05, 0) is 136 Å².